The summed E-state index contributed by atoms with van der Waals surface area (Å²) in [6.45, 7) is 3.58. The van der Waals surface area contributed by atoms with Crippen molar-refractivity contribution < 1.29 is 42.7 Å². The van der Waals surface area contributed by atoms with Crippen LogP contribution in [-0.4, -0.2) is 53.3 Å². The van der Waals surface area contributed by atoms with Gasteiger partial charge in [0, 0.05) is 12.8 Å². The second-order valence-corrected chi connectivity index (χ2v) is 14.9. The lowest BCUT2D eigenvalue weighted by Gasteiger charge is -2.18. The van der Waals surface area contributed by atoms with E-state index < -0.39 is 32.5 Å². The van der Waals surface area contributed by atoms with Gasteiger partial charge in [-0.05, 0) is 70.6 Å². The topological polar surface area (TPSA) is 132 Å². The number of rotatable bonds is 35. The summed E-state index contributed by atoms with van der Waals surface area (Å²) in [4.78, 5) is 42.8. The Balaban J connectivity index is 2.12. The Kier molecular flexibility index (Phi) is 30.0. The number of hydrogen-bond acceptors (Lipinski definition) is 7. The summed E-state index contributed by atoms with van der Waals surface area (Å²) >= 11 is 0. The third kappa shape index (κ3) is 32.4. The number of phosphoric acid groups is 1. The fourth-order valence-corrected chi connectivity index (χ4v) is 5.99. The summed E-state index contributed by atoms with van der Waals surface area (Å²) in [7, 11) is -4.77. The fourth-order valence-electron chi connectivity index (χ4n) is 5.63. The molecule has 0 aliphatic carbocycles. The van der Waals surface area contributed by atoms with Crippen molar-refractivity contribution in [3.63, 3.8) is 0 Å². The van der Waals surface area contributed by atoms with Crippen molar-refractivity contribution >= 4 is 19.8 Å². The highest BCUT2D eigenvalue weighted by atomic mass is 31.2. The van der Waals surface area contributed by atoms with Gasteiger partial charge in [0.15, 0.2) is 6.10 Å². The van der Waals surface area contributed by atoms with Crippen LogP contribution in [0.1, 0.15) is 168 Å². The molecule has 0 bridgehead atoms. The van der Waals surface area contributed by atoms with Gasteiger partial charge >= 0.3 is 19.8 Å². The smallest absolute Gasteiger partial charge is 0.462 e. The predicted molar refractivity (Wildman–Crippen MR) is 206 cm³/mol. The molecule has 10 heteroatoms. The van der Waals surface area contributed by atoms with E-state index in [1.54, 1.807) is 0 Å². The Morgan fingerprint density at radius 1 is 0.627 bits per heavy atom. The van der Waals surface area contributed by atoms with Gasteiger partial charge in [-0.2, -0.15) is 0 Å². The lowest BCUT2D eigenvalue weighted by Crippen LogP contribution is -2.29. The summed E-state index contributed by atoms with van der Waals surface area (Å²) in [6.07, 6.45) is 41.5. The maximum atomic E-state index is 12.4. The zero-order valence-corrected chi connectivity index (χ0v) is 32.8. The second kappa shape index (κ2) is 32.6. The maximum Gasteiger partial charge on any atom is 0.469 e. The minimum atomic E-state index is -4.77. The van der Waals surface area contributed by atoms with Crippen LogP contribution in [0.15, 0.2) is 48.6 Å². The molecule has 0 aromatic heterocycles. The van der Waals surface area contributed by atoms with Crippen LogP contribution < -0.4 is 0 Å². The molecule has 0 radical (unpaired) electrons. The van der Waals surface area contributed by atoms with Gasteiger partial charge in [-0.25, -0.2) is 4.57 Å². The van der Waals surface area contributed by atoms with Gasteiger partial charge in [0.2, 0.25) is 0 Å². The number of carbonyl (C=O) groups is 2. The van der Waals surface area contributed by atoms with Gasteiger partial charge in [0.05, 0.1) is 18.8 Å². The average Bonchev–Trinajstić information content (AvgIpc) is 3.85. The van der Waals surface area contributed by atoms with Crippen LogP contribution in [0.25, 0.3) is 0 Å². The van der Waals surface area contributed by atoms with E-state index in [1.807, 2.05) is 6.08 Å². The molecule has 0 saturated carbocycles. The second-order valence-electron chi connectivity index (χ2n) is 13.6. The third-order valence-corrected chi connectivity index (χ3v) is 9.23. The molecule has 1 rings (SSSR count). The van der Waals surface area contributed by atoms with E-state index >= 15 is 0 Å². The lowest BCUT2D eigenvalue weighted by atomic mass is 10.1. The van der Waals surface area contributed by atoms with E-state index in [0.29, 0.717) is 25.0 Å². The Labute approximate surface area is 309 Å². The number of esters is 2. The van der Waals surface area contributed by atoms with E-state index in [0.717, 1.165) is 64.2 Å². The first-order valence-corrected chi connectivity index (χ1v) is 21.6. The van der Waals surface area contributed by atoms with Gasteiger partial charge in [0.25, 0.3) is 0 Å². The van der Waals surface area contributed by atoms with Crippen molar-refractivity contribution in [3.8, 4) is 0 Å². The van der Waals surface area contributed by atoms with Crippen LogP contribution in [0.5, 0.6) is 0 Å². The molecule has 2 unspecified atom stereocenters. The SMILES string of the molecule is CCCCCCCC/C=C\C/C=C\C/C=C\CCCC(=O)OC[C@H](COP(=O)(O)O)OC(=O)CCCCCCC/C=C\CC1OC1CCCCC. The molecular weight excluding hydrogens is 667 g/mol. The highest BCUT2D eigenvalue weighted by Gasteiger charge is 2.36. The number of phosphoric ester groups is 1. The van der Waals surface area contributed by atoms with Crippen LogP contribution in [0.3, 0.4) is 0 Å². The van der Waals surface area contributed by atoms with E-state index in [1.165, 1.54) is 64.2 Å². The van der Waals surface area contributed by atoms with Gasteiger partial charge in [-0.15, -0.1) is 0 Å². The molecule has 51 heavy (non-hydrogen) atoms. The van der Waals surface area contributed by atoms with Gasteiger partial charge in [-0.3, -0.25) is 14.1 Å². The summed E-state index contributed by atoms with van der Waals surface area (Å²) in [5.74, 6) is -0.970. The number of unbranched alkanes of at least 4 members (excludes halogenated alkanes) is 14. The molecular formula is C41H71O9P. The minimum Gasteiger partial charge on any atom is -0.462 e. The first-order chi connectivity index (χ1) is 24.7. The van der Waals surface area contributed by atoms with Crippen LogP contribution in [0, 0.1) is 0 Å². The zero-order chi connectivity index (χ0) is 37.3. The van der Waals surface area contributed by atoms with Crippen molar-refractivity contribution in [2.75, 3.05) is 13.2 Å². The number of carbonyl (C=O) groups excluding carboxylic acids is 2. The predicted octanol–water partition coefficient (Wildman–Crippen LogP) is 10.9. The number of allylic oxidation sites excluding steroid dienone is 7. The summed E-state index contributed by atoms with van der Waals surface area (Å²) in [6, 6.07) is 0. The Bertz CT molecular complexity index is 1030. The molecule has 294 valence electrons. The van der Waals surface area contributed by atoms with Crippen molar-refractivity contribution in [2.45, 2.75) is 186 Å². The van der Waals surface area contributed by atoms with Crippen molar-refractivity contribution in [1.82, 2.24) is 0 Å². The molecule has 1 aliphatic heterocycles. The maximum absolute atomic E-state index is 12.4. The largest absolute Gasteiger partial charge is 0.469 e. The first kappa shape index (κ1) is 47.0. The summed E-state index contributed by atoms with van der Waals surface area (Å²) < 4.78 is 32.0. The van der Waals surface area contributed by atoms with Crippen molar-refractivity contribution in [2.24, 2.45) is 0 Å². The monoisotopic (exact) mass is 738 g/mol. The fraction of sp³-hybridized carbons (Fsp3) is 0.756. The van der Waals surface area contributed by atoms with Crippen LogP contribution in [0.2, 0.25) is 0 Å². The highest BCUT2D eigenvalue weighted by Crippen LogP contribution is 2.36. The molecule has 1 heterocycles. The molecule has 0 aromatic carbocycles. The lowest BCUT2D eigenvalue weighted by molar-refractivity contribution is -0.161. The molecule has 2 N–H and O–H groups in total. The van der Waals surface area contributed by atoms with Crippen LogP contribution >= 0.6 is 7.82 Å². The molecule has 0 amide bonds. The Morgan fingerprint density at radius 3 is 1.80 bits per heavy atom. The van der Waals surface area contributed by atoms with Crippen molar-refractivity contribution in [3.05, 3.63) is 48.6 Å². The van der Waals surface area contributed by atoms with Crippen molar-refractivity contribution in [1.29, 1.82) is 0 Å². The first-order valence-electron chi connectivity index (χ1n) is 20.1. The molecule has 1 aliphatic rings. The van der Waals surface area contributed by atoms with Crippen LogP contribution in [0.4, 0.5) is 0 Å². The van der Waals surface area contributed by atoms with E-state index in [2.05, 4.69) is 60.9 Å². The van der Waals surface area contributed by atoms with E-state index in [-0.39, 0.29) is 19.4 Å². The quantitative estimate of drug-likeness (QED) is 0.0214. The molecule has 1 saturated heterocycles. The van der Waals surface area contributed by atoms with Gasteiger partial charge in [-0.1, -0.05) is 133 Å². The number of hydrogen-bond donors (Lipinski definition) is 2. The minimum absolute atomic E-state index is 0.179. The highest BCUT2D eigenvalue weighted by molar-refractivity contribution is 7.46. The molecule has 0 aromatic rings. The normalized spacial score (nSPS) is 16.9. The molecule has 3 atom stereocenters. The molecule has 9 nitrogen and oxygen atoms in total. The summed E-state index contributed by atoms with van der Waals surface area (Å²) in [5.41, 5.74) is 0. The Hall–Kier alpha value is -2.03. The summed E-state index contributed by atoms with van der Waals surface area (Å²) in [5, 5.41) is 0. The zero-order valence-electron chi connectivity index (χ0n) is 31.9. The number of ether oxygens (including phenoxy) is 3. The van der Waals surface area contributed by atoms with Gasteiger partial charge < -0.3 is 24.0 Å². The molecule has 0 spiro atoms. The molecule has 1 fully saturated rings. The Morgan fingerprint density at radius 2 is 1.16 bits per heavy atom. The van der Waals surface area contributed by atoms with Gasteiger partial charge in [0.1, 0.15) is 6.61 Å². The van der Waals surface area contributed by atoms with Crippen LogP contribution in [-0.2, 0) is 32.9 Å². The number of epoxide rings is 1. The third-order valence-electron chi connectivity index (χ3n) is 8.74. The van der Waals surface area contributed by atoms with E-state index in [9.17, 15) is 14.2 Å². The van der Waals surface area contributed by atoms with E-state index in [4.69, 9.17) is 24.0 Å². The standard InChI is InChI=1S/C41H71O9P/c1-3-5-7-8-9-10-11-12-13-14-15-16-17-18-22-25-29-33-40(42)47-35-37(36-48-51(44,45)46)49-41(43)34-30-26-23-20-19-21-24-28-32-39-38(50-39)31-27-6-4-2/h12-13,15-16,18,22,24,28,37-39H,3-11,14,17,19-21,23,25-27,29-36H2,1-2H3,(H2,44,45,46)/b13-12-,16-15-,22-18-,28-24-/t37-,38?,39?/m1/s1. The average molecular weight is 739 g/mol.